The van der Waals surface area contributed by atoms with Crippen LogP contribution in [0.25, 0.3) is 0 Å². The predicted octanol–water partition coefficient (Wildman–Crippen LogP) is 2.28. The van der Waals surface area contributed by atoms with E-state index in [0.717, 1.165) is 62.5 Å². The fourth-order valence-electron chi connectivity index (χ4n) is 4.86. The van der Waals surface area contributed by atoms with Gasteiger partial charge in [0, 0.05) is 75.3 Å². The van der Waals surface area contributed by atoms with Gasteiger partial charge in [-0.2, -0.15) is 0 Å². The van der Waals surface area contributed by atoms with E-state index in [-0.39, 0.29) is 11.8 Å². The molecule has 3 heterocycles. The first-order chi connectivity index (χ1) is 12.6. The van der Waals surface area contributed by atoms with Crippen molar-refractivity contribution >= 4 is 0 Å². The van der Waals surface area contributed by atoms with Crippen molar-refractivity contribution in [1.29, 1.82) is 0 Å². The molecule has 1 aliphatic heterocycles. The SMILES string of the molecule is CCCc1ncc(CN2CC3CCCC(C2)C3(O)c2nccn2C)cn1. The zero-order chi connectivity index (χ0) is 18.1. The van der Waals surface area contributed by atoms with Crippen LogP contribution in [0.2, 0.25) is 0 Å². The van der Waals surface area contributed by atoms with Crippen molar-refractivity contribution in [2.75, 3.05) is 13.1 Å². The number of nitrogens with zero attached hydrogens (tertiary/aromatic N) is 5. The average molecular weight is 355 g/mol. The van der Waals surface area contributed by atoms with Crippen LogP contribution in [0.4, 0.5) is 0 Å². The summed E-state index contributed by atoms with van der Waals surface area (Å²) in [6, 6.07) is 0. The molecule has 2 unspecified atom stereocenters. The molecule has 0 radical (unpaired) electrons. The number of fused-ring (bicyclic) bond motifs is 2. The van der Waals surface area contributed by atoms with Gasteiger partial charge in [0.05, 0.1) is 0 Å². The van der Waals surface area contributed by atoms with E-state index >= 15 is 0 Å². The van der Waals surface area contributed by atoms with Gasteiger partial charge in [0.2, 0.25) is 0 Å². The second-order valence-electron chi connectivity index (χ2n) is 7.96. The molecule has 0 amide bonds. The summed E-state index contributed by atoms with van der Waals surface area (Å²) >= 11 is 0. The van der Waals surface area contributed by atoms with Crippen LogP contribution < -0.4 is 0 Å². The highest BCUT2D eigenvalue weighted by atomic mass is 16.3. The highest BCUT2D eigenvalue weighted by molar-refractivity contribution is 5.15. The summed E-state index contributed by atoms with van der Waals surface area (Å²) < 4.78 is 1.99. The number of likely N-dealkylation sites (tertiary alicyclic amines) is 1. The molecule has 1 aliphatic carbocycles. The maximum absolute atomic E-state index is 11.6. The maximum atomic E-state index is 11.6. The maximum Gasteiger partial charge on any atom is 0.141 e. The lowest BCUT2D eigenvalue weighted by molar-refractivity contribution is -0.155. The molecule has 26 heavy (non-hydrogen) atoms. The number of hydrogen-bond acceptors (Lipinski definition) is 5. The molecule has 6 nitrogen and oxygen atoms in total. The topological polar surface area (TPSA) is 67.1 Å². The third-order valence-corrected chi connectivity index (χ3v) is 6.13. The molecule has 4 rings (SSSR count). The molecular weight excluding hydrogens is 326 g/mol. The van der Waals surface area contributed by atoms with Crippen LogP contribution in [-0.4, -0.2) is 42.6 Å². The molecule has 2 aromatic rings. The molecule has 1 N–H and O–H groups in total. The number of piperidine rings is 1. The summed E-state index contributed by atoms with van der Waals surface area (Å²) in [6.07, 6.45) is 13.0. The van der Waals surface area contributed by atoms with E-state index in [0.29, 0.717) is 0 Å². The molecule has 2 bridgehead atoms. The Labute approximate surface area is 155 Å². The molecular formula is C20H29N5O. The van der Waals surface area contributed by atoms with Crippen LogP contribution in [0, 0.1) is 11.8 Å². The van der Waals surface area contributed by atoms with Crippen LogP contribution in [0.1, 0.15) is 49.8 Å². The standard InChI is InChI=1S/C20H29N5O/c1-3-5-18-22-10-15(11-23-18)12-25-13-16-6-4-7-17(14-25)20(16,26)19-21-8-9-24(19)2/h8-11,16-17,26H,3-7,12-14H2,1-2H3. The van der Waals surface area contributed by atoms with Gasteiger partial charge in [-0.3, -0.25) is 4.90 Å². The Morgan fingerprint density at radius 3 is 2.42 bits per heavy atom. The van der Waals surface area contributed by atoms with Gasteiger partial charge in [0.15, 0.2) is 0 Å². The van der Waals surface area contributed by atoms with Gasteiger partial charge in [-0.05, 0) is 19.3 Å². The normalized spacial score (nSPS) is 29.0. The molecule has 6 heteroatoms. The number of imidazole rings is 1. The van der Waals surface area contributed by atoms with Gasteiger partial charge in [-0.1, -0.05) is 13.3 Å². The smallest absolute Gasteiger partial charge is 0.141 e. The molecule has 0 spiro atoms. The van der Waals surface area contributed by atoms with Crippen LogP contribution >= 0.6 is 0 Å². The molecule has 2 aromatic heterocycles. The largest absolute Gasteiger partial charge is 0.381 e. The Morgan fingerprint density at radius 2 is 1.85 bits per heavy atom. The van der Waals surface area contributed by atoms with E-state index in [1.807, 2.05) is 30.2 Å². The van der Waals surface area contributed by atoms with E-state index in [4.69, 9.17) is 0 Å². The Hall–Kier alpha value is -1.79. The summed E-state index contributed by atoms with van der Waals surface area (Å²) in [4.78, 5) is 15.9. The number of rotatable bonds is 5. The number of aryl methyl sites for hydroxylation is 2. The molecule has 2 atom stereocenters. The van der Waals surface area contributed by atoms with Crippen molar-refractivity contribution in [3.8, 4) is 0 Å². The van der Waals surface area contributed by atoms with Crippen molar-refractivity contribution < 1.29 is 5.11 Å². The summed E-state index contributed by atoms with van der Waals surface area (Å²) in [5, 5.41) is 11.6. The van der Waals surface area contributed by atoms with Gasteiger partial charge in [-0.25, -0.2) is 15.0 Å². The molecule has 2 fully saturated rings. The van der Waals surface area contributed by atoms with Gasteiger partial charge < -0.3 is 9.67 Å². The molecule has 140 valence electrons. The molecule has 2 aliphatic rings. The lowest BCUT2D eigenvalue weighted by atomic mass is 9.65. The quantitative estimate of drug-likeness (QED) is 0.891. The van der Waals surface area contributed by atoms with Crippen molar-refractivity contribution in [2.45, 2.75) is 51.2 Å². The second-order valence-corrected chi connectivity index (χ2v) is 7.96. The van der Waals surface area contributed by atoms with Crippen LogP contribution in [0.15, 0.2) is 24.8 Å². The number of aliphatic hydroxyl groups is 1. The van der Waals surface area contributed by atoms with Gasteiger partial charge in [0.25, 0.3) is 0 Å². The minimum atomic E-state index is -0.797. The minimum Gasteiger partial charge on any atom is -0.381 e. The van der Waals surface area contributed by atoms with Crippen LogP contribution in [-0.2, 0) is 25.6 Å². The first kappa shape index (κ1) is 17.6. The summed E-state index contributed by atoms with van der Waals surface area (Å²) in [7, 11) is 1.98. The first-order valence-electron chi connectivity index (χ1n) is 9.83. The van der Waals surface area contributed by atoms with Crippen molar-refractivity contribution in [1.82, 2.24) is 24.4 Å². The Bertz CT molecular complexity index is 727. The highest BCUT2D eigenvalue weighted by Gasteiger charge is 2.53. The fourth-order valence-corrected chi connectivity index (χ4v) is 4.86. The molecule has 0 aromatic carbocycles. The summed E-state index contributed by atoms with van der Waals surface area (Å²) in [5.74, 6) is 2.22. The third-order valence-electron chi connectivity index (χ3n) is 6.13. The van der Waals surface area contributed by atoms with E-state index in [9.17, 15) is 5.11 Å². The van der Waals surface area contributed by atoms with E-state index in [1.54, 1.807) is 6.20 Å². The lowest BCUT2D eigenvalue weighted by Crippen LogP contribution is -2.58. The number of hydrogen-bond donors (Lipinski definition) is 1. The zero-order valence-corrected chi connectivity index (χ0v) is 15.8. The van der Waals surface area contributed by atoms with Crippen molar-refractivity contribution in [2.24, 2.45) is 18.9 Å². The van der Waals surface area contributed by atoms with Gasteiger partial charge in [-0.15, -0.1) is 0 Å². The monoisotopic (exact) mass is 355 g/mol. The Kier molecular flexibility index (Phi) is 4.80. The fraction of sp³-hybridized carbons (Fsp3) is 0.650. The third kappa shape index (κ3) is 3.05. The van der Waals surface area contributed by atoms with Crippen molar-refractivity contribution in [3.63, 3.8) is 0 Å². The molecule has 1 saturated carbocycles. The zero-order valence-electron chi connectivity index (χ0n) is 15.8. The Morgan fingerprint density at radius 1 is 1.15 bits per heavy atom. The van der Waals surface area contributed by atoms with Gasteiger partial charge >= 0.3 is 0 Å². The van der Waals surface area contributed by atoms with Crippen LogP contribution in [0.5, 0.6) is 0 Å². The first-order valence-corrected chi connectivity index (χ1v) is 9.83. The summed E-state index contributed by atoms with van der Waals surface area (Å²) in [6.45, 7) is 4.80. The Balaban J connectivity index is 1.50. The predicted molar refractivity (Wildman–Crippen MR) is 99.2 cm³/mol. The van der Waals surface area contributed by atoms with E-state index < -0.39 is 5.60 Å². The van der Waals surface area contributed by atoms with E-state index in [2.05, 4.69) is 26.8 Å². The van der Waals surface area contributed by atoms with Crippen molar-refractivity contribution in [3.05, 3.63) is 42.0 Å². The summed E-state index contributed by atoms with van der Waals surface area (Å²) in [5.41, 5.74) is 0.361. The second kappa shape index (κ2) is 7.08. The molecule has 1 saturated heterocycles. The number of aromatic nitrogens is 4. The van der Waals surface area contributed by atoms with Crippen LogP contribution in [0.3, 0.4) is 0 Å². The average Bonchev–Trinajstić information content (AvgIpc) is 3.04. The van der Waals surface area contributed by atoms with E-state index in [1.165, 1.54) is 6.42 Å². The minimum absolute atomic E-state index is 0.233. The highest BCUT2D eigenvalue weighted by Crippen LogP contribution is 2.48. The van der Waals surface area contributed by atoms with Gasteiger partial charge in [0.1, 0.15) is 17.2 Å². The lowest BCUT2D eigenvalue weighted by Gasteiger charge is -2.52.